The number of furan rings is 1. The number of Topliss-reactive ketones (excluding diaryl/α,β-unsaturated/α-hetero) is 1. The second kappa shape index (κ2) is 8.12. The fourth-order valence-corrected chi connectivity index (χ4v) is 3.10. The molecule has 0 saturated carbocycles. The zero-order valence-electron chi connectivity index (χ0n) is 16.4. The molecular formula is C20H14ClN5O6. The Bertz CT molecular complexity index is 1370. The second-order valence-electron chi connectivity index (χ2n) is 6.63. The summed E-state index contributed by atoms with van der Waals surface area (Å²) in [6.07, 6.45) is 0. The summed E-state index contributed by atoms with van der Waals surface area (Å²) in [4.78, 5) is 40.1. The van der Waals surface area contributed by atoms with Crippen molar-refractivity contribution in [2.45, 2.75) is 13.5 Å². The van der Waals surface area contributed by atoms with Gasteiger partial charge >= 0.3 is 5.97 Å². The first-order valence-corrected chi connectivity index (χ1v) is 9.45. The summed E-state index contributed by atoms with van der Waals surface area (Å²) in [7, 11) is 0. The zero-order chi connectivity index (χ0) is 23.0. The highest BCUT2D eigenvalue weighted by Crippen LogP contribution is 2.31. The first-order valence-electron chi connectivity index (χ1n) is 9.08. The fourth-order valence-electron chi connectivity index (χ4n) is 2.91. The molecule has 162 valence electrons. The largest absolute Gasteiger partial charge is 0.476 e. The van der Waals surface area contributed by atoms with Gasteiger partial charge in [-0.3, -0.25) is 9.59 Å². The second-order valence-corrected chi connectivity index (χ2v) is 7.06. The van der Waals surface area contributed by atoms with Crippen molar-refractivity contribution in [2.24, 2.45) is 5.73 Å². The number of rotatable bonds is 7. The topological polar surface area (TPSA) is 167 Å². The average molecular weight is 456 g/mol. The maximum Gasteiger partial charge on any atom is 0.358 e. The number of benzene rings is 1. The number of aromatic carboxylic acids is 1. The Morgan fingerprint density at radius 1 is 1.12 bits per heavy atom. The lowest BCUT2D eigenvalue weighted by Crippen LogP contribution is -2.13. The van der Waals surface area contributed by atoms with Crippen molar-refractivity contribution in [3.8, 4) is 22.9 Å². The van der Waals surface area contributed by atoms with Crippen LogP contribution in [0.25, 0.3) is 22.9 Å². The van der Waals surface area contributed by atoms with Crippen LogP contribution in [-0.4, -0.2) is 42.7 Å². The number of aromatic nitrogens is 4. The van der Waals surface area contributed by atoms with Gasteiger partial charge in [-0.25, -0.2) is 4.79 Å². The van der Waals surface area contributed by atoms with E-state index in [2.05, 4.69) is 15.2 Å². The van der Waals surface area contributed by atoms with E-state index in [9.17, 15) is 19.5 Å². The number of carboxylic acid groups (broad SMARTS) is 1. The van der Waals surface area contributed by atoms with Crippen LogP contribution in [0.15, 0.2) is 45.2 Å². The molecule has 0 fully saturated rings. The van der Waals surface area contributed by atoms with Crippen LogP contribution in [0.1, 0.15) is 44.2 Å². The smallest absolute Gasteiger partial charge is 0.358 e. The first-order chi connectivity index (χ1) is 15.2. The minimum absolute atomic E-state index is 0.0266. The first kappa shape index (κ1) is 21.0. The van der Waals surface area contributed by atoms with Crippen molar-refractivity contribution in [3.63, 3.8) is 0 Å². The van der Waals surface area contributed by atoms with Gasteiger partial charge in [0.1, 0.15) is 12.3 Å². The number of primary amides is 1. The van der Waals surface area contributed by atoms with E-state index in [1.54, 1.807) is 24.3 Å². The Hall–Kier alpha value is -4.25. The molecule has 0 atom stereocenters. The summed E-state index contributed by atoms with van der Waals surface area (Å²) < 4.78 is 11.0. The molecule has 0 aliphatic heterocycles. The Balaban J connectivity index is 1.77. The molecule has 0 aliphatic rings. The molecule has 0 radical (unpaired) electrons. The lowest BCUT2D eigenvalue weighted by atomic mass is 10.1. The number of carboxylic acids is 1. The van der Waals surface area contributed by atoms with Crippen molar-refractivity contribution >= 4 is 29.3 Å². The molecule has 0 bridgehead atoms. The summed E-state index contributed by atoms with van der Waals surface area (Å²) >= 11 is 5.99. The van der Waals surface area contributed by atoms with Crippen LogP contribution < -0.4 is 5.73 Å². The highest BCUT2D eigenvalue weighted by molar-refractivity contribution is 6.30. The van der Waals surface area contributed by atoms with E-state index in [-0.39, 0.29) is 41.1 Å². The number of hydrogen-bond donors (Lipinski definition) is 2. The number of carbonyl (C=O) groups is 3. The third-order valence-corrected chi connectivity index (χ3v) is 4.55. The van der Waals surface area contributed by atoms with Gasteiger partial charge in [-0.15, -0.1) is 10.2 Å². The third kappa shape index (κ3) is 4.01. The van der Waals surface area contributed by atoms with Crippen molar-refractivity contribution < 1.29 is 28.3 Å². The molecule has 32 heavy (non-hydrogen) atoms. The SMILES string of the molecule is CC(=O)c1ccc(Cn2nc(C(N)=O)c(-c3nc(C(=O)O)c(-c4cccc(Cl)c4)o3)n2)o1. The van der Waals surface area contributed by atoms with Crippen LogP contribution in [0.2, 0.25) is 5.02 Å². The minimum Gasteiger partial charge on any atom is -0.476 e. The summed E-state index contributed by atoms with van der Waals surface area (Å²) in [6, 6.07) is 9.41. The standard InChI is InChI=1S/C20H14ClN5O6/c1-9(27)13-6-5-12(31-13)8-26-24-14(18(22)28)15(25-26)19-23-16(20(29)30)17(32-19)10-3-2-4-11(21)7-10/h2-7H,8H2,1H3,(H2,22,28)(H,29,30). The van der Waals surface area contributed by atoms with Crippen molar-refractivity contribution in [2.75, 3.05) is 0 Å². The minimum atomic E-state index is -1.35. The molecular weight excluding hydrogens is 442 g/mol. The van der Waals surface area contributed by atoms with Gasteiger partial charge in [0.2, 0.25) is 0 Å². The molecule has 0 unspecified atom stereocenters. The van der Waals surface area contributed by atoms with Gasteiger partial charge in [0.25, 0.3) is 11.8 Å². The molecule has 3 aromatic heterocycles. The van der Waals surface area contributed by atoms with E-state index < -0.39 is 17.6 Å². The number of carbonyl (C=O) groups excluding carboxylic acids is 2. The Morgan fingerprint density at radius 3 is 2.53 bits per heavy atom. The van der Waals surface area contributed by atoms with Crippen LogP contribution in [0.4, 0.5) is 0 Å². The average Bonchev–Trinajstić information content (AvgIpc) is 3.46. The number of nitrogens with zero attached hydrogens (tertiary/aromatic N) is 4. The number of oxazole rings is 1. The van der Waals surface area contributed by atoms with Crippen molar-refractivity contribution in [1.82, 2.24) is 20.0 Å². The zero-order valence-corrected chi connectivity index (χ0v) is 17.2. The van der Waals surface area contributed by atoms with Crippen LogP contribution in [0, 0.1) is 0 Å². The predicted octanol–water partition coefficient (Wildman–Crippen LogP) is 2.89. The Labute approximate surface area is 184 Å². The highest BCUT2D eigenvalue weighted by Gasteiger charge is 2.27. The van der Waals surface area contributed by atoms with Gasteiger partial charge in [-0.05, 0) is 24.3 Å². The number of nitrogens with two attached hydrogens (primary N) is 1. The van der Waals surface area contributed by atoms with Crippen LogP contribution in [0.3, 0.4) is 0 Å². The molecule has 3 heterocycles. The summed E-state index contributed by atoms with van der Waals surface area (Å²) in [6.45, 7) is 1.33. The van der Waals surface area contributed by atoms with E-state index >= 15 is 0 Å². The van der Waals surface area contributed by atoms with Gasteiger partial charge in [-0.1, -0.05) is 23.7 Å². The maximum atomic E-state index is 11.9. The molecule has 0 spiro atoms. The van der Waals surface area contributed by atoms with Gasteiger partial charge < -0.3 is 19.7 Å². The van der Waals surface area contributed by atoms with Crippen LogP contribution >= 0.6 is 11.6 Å². The predicted molar refractivity (Wildman–Crippen MR) is 109 cm³/mol. The van der Waals surface area contributed by atoms with Gasteiger partial charge in [0.05, 0.1) is 0 Å². The molecule has 0 saturated heterocycles. The number of halogens is 1. The molecule has 4 aromatic rings. The number of ketones is 1. The summed E-state index contributed by atoms with van der Waals surface area (Å²) in [5.41, 5.74) is 4.96. The Morgan fingerprint density at radius 2 is 1.91 bits per heavy atom. The fraction of sp³-hybridized carbons (Fsp3) is 0.100. The van der Waals surface area contributed by atoms with Crippen LogP contribution in [-0.2, 0) is 6.54 Å². The van der Waals surface area contributed by atoms with Crippen molar-refractivity contribution in [3.05, 3.63) is 64.3 Å². The maximum absolute atomic E-state index is 11.9. The number of amides is 1. The highest BCUT2D eigenvalue weighted by atomic mass is 35.5. The summed E-state index contributed by atoms with van der Waals surface area (Å²) in [5.74, 6) is -2.35. The normalized spacial score (nSPS) is 10.9. The Kier molecular flexibility index (Phi) is 5.33. The summed E-state index contributed by atoms with van der Waals surface area (Å²) in [5, 5.41) is 18.1. The molecule has 4 rings (SSSR count). The van der Waals surface area contributed by atoms with E-state index in [0.29, 0.717) is 16.3 Å². The van der Waals surface area contributed by atoms with E-state index in [4.69, 9.17) is 26.2 Å². The van der Waals surface area contributed by atoms with Crippen LogP contribution in [0.5, 0.6) is 0 Å². The molecule has 1 amide bonds. The lowest BCUT2D eigenvalue weighted by Gasteiger charge is -1.98. The van der Waals surface area contributed by atoms with E-state index in [0.717, 1.165) is 4.80 Å². The van der Waals surface area contributed by atoms with Gasteiger partial charge in [0, 0.05) is 17.5 Å². The lowest BCUT2D eigenvalue weighted by molar-refractivity contribution is 0.0691. The van der Waals surface area contributed by atoms with Gasteiger partial charge in [-0.2, -0.15) is 9.78 Å². The molecule has 3 N–H and O–H groups in total. The monoisotopic (exact) mass is 455 g/mol. The van der Waals surface area contributed by atoms with E-state index in [1.807, 2.05) is 0 Å². The third-order valence-electron chi connectivity index (χ3n) is 4.31. The number of hydrogen-bond acceptors (Lipinski definition) is 8. The molecule has 0 aliphatic carbocycles. The molecule has 12 heteroatoms. The van der Waals surface area contributed by atoms with Gasteiger partial charge in [0.15, 0.2) is 34.4 Å². The quantitative estimate of drug-likeness (QED) is 0.398. The molecule has 11 nitrogen and oxygen atoms in total. The molecule has 1 aromatic carbocycles. The van der Waals surface area contributed by atoms with E-state index in [1.165, 1.54) is 19.1 Å². The van der Waals surface area contributed by atoms with Crippen molar-refractivity contribution in [1.29, 1.82) is 0 Å².